The Hall–Kier alpha value is -3.58. The molecule has 0 atom stereocenters. The number of nitrogens with zero attached hydrogens (tertiary/aromatic N) is 2. The summed E-state index contributed by atoms with van der Waals surface area (Å²) in [6.45, 7) is 1.50. The molecule has 7 heteroatoms. The molecule has 0 radical (unpaired) electrons. The molecule has 7 nitrogen and oxygen atoms in total. The molecule has 3 heterocycles. The molecule has 1 aliphatic heterocycles. The molecule has 0 unspecified atom stereocenters. The van der Waals surface area contributed by atoms with Gasteiger partial charge >= 0.3 is 5.63 Å². The van der Waals surface area contributed by atoms with Gasteiger partial charge in [0.05, 0.1) is 19.6 Å². The van der Waals surface area contributed by atoms with Crippen molar-refractivity contribution in [2.45, 2.75) is 12.5 Å². The molecule has 0 bridgehead atoms. The van der Waals surface area contributed by atoms with E-state index >= 15 is 0 Å². The first-order chi connectivity index (χ1) is 14.6. The third-order valence-corrected chi connectivity index (χ3v) is 5.46. The molecule has 5 rings (SSSR count). The van der Waals surface area contributed by atoms with Gasteiger partial charge in [0.25, 0.3) is 0 Å². The van der Waals surface area contributed by atoms with E-state index in [1.54, 1.807) is 19.2 Å². The number of oxazole rings is 1. The lowest BCUT2D eigenvalue weighted by Crippen LogP contribution is -2.45. The minimum absolute atomic E-state index is 0.111. The van der Waals surface area contributed by atoms with Gasteiger partial charge < -0.3 is 23.6 Å². The Balaban J connectivity index is 1.39. The van der Waals surface area contributed by atoms with Gasteiger partial charge in [0.2, 0.25) is 5.89 Å². The van der Waals surface area contributed by atoms with E-state index in [4.69, 9.17) is 18.7 Å². The molecule has 1 saturated heterocycles. The summed E-state index contributed by atoms with van der Waals surface area (Å²) >= 11 is 0. The molecule has 30 heavy (non-hydrogen) atoms. The summed E-state index contributed by atoms with van der Waals surface area (Å²) in [5.74, 6) is 1.60. The Morgan fingerprint density at radius 1 is 1.17 bits per heavy atom. The number of aromatic nitrogens is 1. The second-order valence-electron chi connectivity index (χ2n) is 7.33. The first kappa shape index (κ1) is 18.4. The Kier molecular flexibility index (Phi) is 4.52. The third kappa shape index (κ3) is 3.23. The summed E-state index contributed by atoms with van der Waals surface area (Å²) in [5, 5.41) is 9.95. The van der Waals surface area contributed by atoms with Crippen molar-refractivity contribution in [2.75, 3.05) is 25.1 Å². The van der Waals surface area contributed by atoms with Crippen LogP contribution in [0.3, 0.4) is 0 Å². The molecule has 1 N–H and O–H groups in total. The molecule has 2 aromatic carbocycles. The highest BCUT2D eigenvalue weighted by molar-refractivity contribution is 5.94. The van der Waals surface area contributed by atoms with E-state index in [9.17, 15) is 4.79 Å². The van der Waals surface area contributed by atoms with Crippen LogP contribution in [0.4, 0.5) is 5.69 Å². The summed E-state index contributed by atoms with van der Waals surface area (Å²) in [5.41, 5.74) is 3.54. The second kappa shape index (κ2) is 7.35. The van der Waals surface area contributed by atoms with Gasteiger partial charge in [-0.25, -0.2) is 9.78 Å². The van der Waals surface area contributed by atoms with Crippen LogP contribution in [0.15, 0.2) is 68.4 Å². The maximum Gasteiger partial charge on any atom is 0.336 e. The molecular weight excluding hydrogens is 384 g/mol. The van der Waals surface area contributed by atoms with Crippen LogP contribution in [0.5, 0.6) is 5.75 Å². The van der Waals surface area contributed by atoms with E-state index in [0.29, 0.717) is 22.9 Å². The molecule has 0 amide bonds. The van der Waals surface area contributed by atoms with Crippen molar-refractivity contribution < 1.29 is 18.7 Å². The topological polar surface area (TPSA) is 88.9 Å². The smallest absolute Gasteiger partial charge is 0.336 e. The van der Waals surface area contributed by atoms with Crippen LogP contribution < -0.4 is 15.3 Å². The van der Waals surface area contributed by atoms with E-state index in [2.05, 4.69) is 9.88 Å². The number of hydrogen-bond donors (Lipinski definition) is 1. The van der Waals surface area contributed by atoms with Gasteiger partial charge in [0.1, 0.15) is 23.3 Å². The van der Waals surface area contributed by atoms with Gasteiger partial charge in [-0.3, -0.25) is 0 Å². The molecule has 152 valence electrons. The SMILES string of the molecule is COc1ccc2oc(=O)cc(-c3ccc(N4CC(c5nc(CO)co5)C4)cc3)c2c1. The van der Waals surface area contributed by atoms with Crippen molar-refractivity contribution in [3.63, 3.8) is 0 Å². The molecule has 0 saturated carbocycles. The quantitative estimate of drug-likeness (QED) is 0.509. The highest BCUT2D eigenvalue weighted by Crippen LogP contribution is 2.34. The van der Waals surface area contributed by atoms with Gasteiger partial charge in [0, 0.05) is 30.2 Å². The van der Waals surface area contributed by atoms with Crippen LogP contribution in [-0.2, 0) is 6.61 Å². The maximum atomic E-state index is 12.0. The Morgan fingerprint density at radius 2 is 1.97 bits per heavy atom. The molecule has 4 aromatic rings. The summed E-state index contributed by atoms with van der Waals surface area (Å²) in [6, 6.07) is 15.0. The Morgan fingerprint density at radius 3 is 2.67 bits per heavy atom. The van der Waals surface area contributed by atoms with Crippen molar-refractivity contribution in [2.24, 2.45) is 0 Å². The van der Waals surface area contributed by atoms with Crippen molar-refractivity contribution in [3.8, 4) is 16.9 Å². The van der Waals surface area contributed by atoms with Gasteiger partial charge in [0.15, 0.2) is 0 Å². The molecule has 0 spiro atoms. The normalized spacial score (nSPS) is 14.1. The minimum atomic E-state index is -0.384. The van der Waals surface area contributed by atoms with E-state index in [0.717, 1.165) is 35.3 Å². The lowest BCUT2D eigenvalue weighted by atomic mass is 9.97. The van der Waals surface area contributed by atoms with Crippen LogP contribution >= 0.6 is 0 Å². The molecule has 2 aromatic heterocycles. The van der Waals surface area contributed by atoms with E-state index in [1.165, 1.54) is 12.3 Å². The number of fused-ring (bicyclic) bond motifs is 1. The van der Waals surface area contributed by atoms with E-state index < -0.39 is 0 Å². The lowest BCUT2D eigenvalue weighted by molar-refractivity contribution is 0.276. The zero-order valence-electron chi connectivity index (χ0n) is 16.4. The van der Waals surface area contributed by atoms with Crippen LogP contribution in [-0.4, -0.2) is 30.3 Å². The number of aliphatic hydroxyl groups is 1. The highest BCUT2D eigenvalue weighted by atomic mass is 16.5. The summed E-state index contributed by atoms with van der Waals surface area (Å²) in [6.07, 6.45) is 1.50. The van der Waals surface area contributed by atoms with E-state index in [-0.39, 0.29) is 18.2 Å². The zero-order chi connectivity index (χ0) is 20.7. The highest BCUT2D eigenvalue weighted by Gasteiger charge is 2.32. The number of anilines is 1. The first-order valence-electron chi connectivity index (χ1n) is 9.67. The van der Waals surface area contributed by atoms with Crippen molar-refractivity contribution in [1.29, 1.82) is 0 Å². The van der Waals surface area contributed by atoms with Gasteiger partial charge in [-0.1, -0.05) is 12.1 Å². The fourth-order valence-electron chi connectivity index (χ4n) is 3.79. The second-order valence-corrected chi connectivity index (χ2v) is 7.33. The van der Waals surface area contributed by atoms with Crippen LogP contribution in [0.2, 0.25) is 0 Å². The van der Waals surface area contributed by atoms with Gasteiger partial charge in [-0.05, 0) is 41.5 Å². The maximum absolute atomic E-state index is 12.0. The number of rotatable bonds is 5. The number of methoxy groups -OCH3 is 1. The van der Waals surface area contributed by atoms with Gasteiger partial charge in [-0.15, -0.1) is 0 Å². The van der Waals surface area contributed by atoms with Crippen molar-refractivity contribution in [3.05, 3.63) is 76.8 Å². The Labute approximate surface area is 172 Å². The summed E-state index contributed by atoms with van der Waals surface area (Å²) in [4.78, 5) is 18.5. The average molecular weight is 404 g/mol. The number of aliphatic hydroxyl groups excluding tert-OH is 1. The molecule has 0 aliphatic carbocycles. The van der Waals surface area contributed by atoms with Crippen LogP contribution in [0.1, 0.15) is 17.5 Å². The Bertz CT molecular complexity index is 1250. The largest absolute Gasteiger partial charge is 0.497 e. The average Bonchev–Trinajstić information content (AvgIpc) is 3.21. The monoisotopic (exact) mass is 404 g/mol. The van der Waals surface area contributed by atoms with Gasteiger partial charge in [-0.2, -0.15) is 0 Å². The summed E-state index contributed by atoms with van der Waals surface area (Å²) < 4.78 is 16.1. The molecule has 1 fully saturated rings. The molecule has 1 aliphatic rings. The third-order valence-electron chi connectivity index (χ3n) is 5.46. The van der Waals surface area contributed by atoms with Crippen molar-refractivity contribution in [1.82, 2.24) is 4.98 Å². The number of hydrogen-bond acceptors (Lipinski definition) is 7. The fourth-order valence-corrected chi connectivity index (χ4v) is 3.79. The lowest BCUT2D eigenvalue weighted by Gasteiger charge is -2.39. The summed E-state index contributed by atoms with van der Waals surface area (Å²) in [7, 11) is 1.61. The predicted octanol–water partition coefficient (Wildman–Crippen LogP) is 3.55. The van der Waals surface area contributed by atoms with Crippen LogP contribution in [0, 0.1) is 0 Å². The number of ether oxygens (including phenoxy) is 1. The van der Waals surface area contributed by atoms with Crippen molar-refractivity contribution >= 4 is 16.7 Å². The number of benzene rings is 2. The standard InChI is InChI=1S/C23H20N2O5/c1-28-18-6-7-21-20(8-18)19(9-22(27)30-21)14-2-4-17(5-3-14)25-10-15(11-25)23-24-16(12-26)13-29-23/h2-9,13,15,26H,10-12H2,1H3. The molecular formula is C23H20N2O5. The van der Waals surface area contributed by atoms with Crippen LogP contribution in [0.25, 0.3) is 22.1 Å². The minimum Gasteiger partial charge on any atom is -0.497 e. The zero-order valence-corrected chi connectivity index (χ0v) is 16.4. The van der Waals surface area contributed by atoms with E-state index in [1.807, 2.05) is 30.3 Å². The fraction of sp³-hybridized carbons (Fsp3) is 0.217. The first-order valence-corrected chi connectivity index (χ1v) is 9.67. The predicted molar refractivity (Wildman–Crippen MR) is 112 cm³/mol.